The molecule has 0 heterocycles. The number of hydrogen-bond acceptors (Lipinski definition) is 3. The van der Waals surface area contributed by atoms with Crippen LogP contribution in [0.1, 0.15) is 6.92 Å². The molecule has 0 radical (unpaired) electrons. The Kier molecular flexibility index (Phi) is 4.24. The average Bonchev–Trinajstić information content (AvgIpc) is 2.01. The molecule has 0 fully saturated rings. The molecular formula is C6H15N3O2S2. The van der Waals surface area contributed by atoms with Crippen LogP contribution in [0.2, 0.25) is 0 Å². The van der Waals surface area contributed by atoms with Gasteiger partial charge in [-0.15, -0.1) is 0 Å². The number of rotatable bonds is 4. The molecule has 0 rings (SSSR count). The van der Waals surface area contributed by atoms with Crippen LogP contribution in [-0.2, 0) is 10.2 Å². The minimum atomic E-state index is -3.42. The van der Waals surface area contributed by atoms with Gasteiger partial charge in [-0.2, -0.15) is 17.0 Å². The highest BCUT2D eigenvalue weighted by molar-refractivity contribution is 7.86. The Morgan fingerprint density at radius 3 is 2.00 bits per heavy atom. The van der Waals surface area contributed by atoms with E-state index in [0.29, 0.717) is 0 Å². The average molecular weight is 225 g/mol. The summed E-state index contributed by atoms with van der Waals surface area (Å²) in [7, 11) is 0.935. The third kappa shape index (κ3) is 2.87. The largest absolute Gasteiger partial charge is 0.392 e. The van der Waals surface area contributed by atoms with Crippen LogP contribution in [0.3, 0.4) is 0 Å². The van der Waals surface area contributed by atoms with Crippen molar-refractivity contribution in [3.05, 3.63) is 0 Å². The molecule has 1 atom stereocenters. The first kappa shape index (κ1) is 12.8. The zero-order chi connectivity index (χ0) is 10.8. The normalized spacial score (nSPS) is 14.9. The van der Waals surface area contributed by atoms with Gasteiger partial charge in [-0.3, -0.25) is 0 Å². The van der Waals surface area contributed by atoms with Crippen molar-refractivity contribution < 1.29 is 8.42 Å². The van der Waals surface area contributed by atoms with Gasteiger partial charge in [0.1, 0.15) is 0 Å². The standard InChI is InChI=1S/C6H15N3O2S2/c1-5(6(7)12)9(4)13(10,11)8(2)3/h5H,1-4H3,(H2,7,12). The quantitative estimate of drug-likeness (QED) is 0.649. The molecule has 0 aromatic rings. The number of nitrogens with two attached hydrogens (primary N) is 1. The molecule has 2 N–H and O–H groups in total. The summed E-state index contributed by atoms with van der Waals surface area (Å²) < 4.78 is 25.3. The maximum absolute atomic E-state index is 11.5. The smallest absolute Gasteiger partial charge is 0.281 e. The molecule has 0 saturated heterocycles. The van der Waals surface area contributed by atoms with E-state index in [4.69, 9.17) is 18.0 Å². The van der Waals surface area contributed by atoms with Gasteiger partial charge in [0.25, 0.3) is 10.2 Å². The lowest BCUT2D eigenvalue weighted by Crippen LogP contribution is -2.47. The second-order valence-corrected chi connectivity index (χ2v) is 5.56. The number of thiocarbonyl (C=S) groups is 1. The van der Waals surface area contributed by atoms with Crippen molar-refractivity contribution in [1.29, 1.82) is 0 Å². The Hall–Kier alpha value is -0.240. The Labute approximate surface area is 84.7 Å². The monoisotopic (exact) mass is 225 g/mol. The molecule has 13 heavy (non-hydrogen) atoms. The SMILES string of the molecule is CC(C(N)=S)N(C)S(=O)(=O)N(C)C. The fourth-order valence-corrected chi connectivity index (χ4v) is 1.89. The highest BCUT2D eigenvalue weighted by Crippen LogP contribution is 2.06. The second kappa shape index (κ2) is 4.32. The Morgan fingerprint density at radius 2 is 1.77 bits per heavy atom. The van der Waals surface area contributed by atoms with E-state index < -0.39 is 16.3 Å². The summed E-state index contributed by atoms with van der Waals surface area (Å²) in [5, 5.41) is 0. The molecular weight excluding hydrogens is 210 g/mol. The first-order valence-corrected chi connectivity index (χ1v) is 5.46. The van der Waals surface area contributed by atoms with Gasteiger partial charge >= 0.3 is 0 Å². The van der Waals surface area contributed by atoms with E-state index in [1.807, 2.05) is 0 Å². The molecule has 1 unspecified atom stereocenters. The minimum Gasteiger partial charge on any atom is -0.392 e. The van der Waals surface area contributed by atoms with Gasteiger partial charge < -0.3 is 5.73 Å². The Morgan fingerprint density at radius 1 is 1.38 bits per heavy atom. The van der Waals surface area contributed by atoms with Gasteiger partial charge in [0.15, 0.2) is 0 Å². The molecule has 5 nitrogen and oxygen atoms in total. The highest BCUT2D eigenvalue weighted by atomic mass is 32.2. The van der Waals surface area contributed by atoms with E-state index in [-0.39, 0.29) is 4.99 Å². The second-order valence-electron chi connectivity index (χ2n) is 2.88. The lowest BCUT2D eigenvalue weighted by atomic mass is 10.3. The van der Waals surface area contributed by atoms with Crippen molar-refractivity contribution in [2.24, 2.45) is 5.73 Å². The molecule has 0 aliphatic rings. The van der Waals surface area contributed by atoms with Crippen LogP contribution in [0.5, 0.6) is 0 Å². The van der Waals surface area contributed by atoms with Gasteiger partial charge in [-0.1, -0.05) is 12.2 Å². The Balaban J connectivity index is 4.80. The number of nitrogens with zero attached hydrogens (tertiary/aromatic N) is 2. The summed E-state index contributed by atoms with van der Waals surface area (Å²) in [6.07, 6.45) is 0. The molecule has 7 heteroatoms. The van der Waals surface area contributed by atoms with Crippen molar-refractivity contribution >= 4 is 27.4 Å². The van der Waals surface area contributed by atoms with Crippen LogP contribution in [0.25, 0.3) is 0 Å². The van der Waals surface area contributed by atoms with Crippen LogP contribution in [0.4, 0.5) is 0 Å². The van der Waals surface area contributed by atoms with Crippen LogP contribution in [-0.4, -0.2) is 49.2 Å². The van der Waals surface area contributed by atoms with Crippen LogP contribution in [0.15, 0.2) is 0 Å². The first-order chi connectivity index (χ1) is 5.71. The maximum Gasteiger partial charge on any atom is 0.281 e. The fraction of sp³-hybridized carbons (Fsp3) is 0.833. The van der Waals surface area contributed by atoms with Crippen LogP contribution in [0, 0.1) is 0 Å². The summed E-state index contributed by atoms with van der Waals surface area (Å²) >= 11 is 4.70. The summed E-state index contributed by atoms with van der Waals surface area (Å²) in [5.74, 6) is 0. The third-order valence-corrected chi connectivity index (χ3v) is 4.09. The van der Waals surface area contributed by atoms with Crippen molar-refractivity contribution in [2.45, 2.75) is 13.0 Å². The zero-order valence-electron chi connectivity index (χ0n) is 8.18. The summed E-state index contributed by atoms with van der Waals surface area (Å²) in [4.78, 5) is 0.160. The van der Waals surface area contributed by atoms with Crippen molar-refractivity contribution in [2.75, 3.05) is 21.1 Å². The molecule has 0 aromatic carbocycles. The van der Waals surface area contributed by atoms with E-state index in [2.05, 4.69) is 0 Å². The van der Waals surface area contributed by atoms with E-state index >= 15 is 0 Å². The number of hydrogen-bond donors (Lipinski definition) is 1. The molecule has 78 valence electrons. The van der Waals surface area contributed by atoms with E-state index in [1.165, 1.54) is 21.1 Å². The zero-order valence-corrected chi connectivity index (χ0v) is 9.82. The van der Waals surface area contributed by atoms with Gasteiger partial charge in [-0.05, 0) is 6.92 Å². The minimum absolute atomic E-state index is 0.160. The number of likely N-dealkylation sites (N-methyl/N-ethyl adjacent to an activating group) is 1. The molecule has 0 saturated carbocycles. The van der Waals surface area contributed by atoms with Crippen molar-refractivity contribution in [3.63, 3.8) is 0 Å². The van der Waals surface area contributed by atoms with Gasteiger partial charge in [0.2, 0.25) is 0 Å². The third-order valence-electron chi connectivity index (χ3n) is 1.78. The summed E-state index contributed by atoms with van der Waals surface area (Å²) in [6, 6.07) is -0.470. The van der Waals surface area contributed by atoms with Gasteiger partial charge in [-0.25, -0.2) is 0 Å². The molecule has 0 bridgehead atoms. The van der Waals surface area contributed by atoms with Crippen molar-refractivity contribution in [1.82, 2.24) is 8.61 Å². The van der Waals surface area contributed by atoms with Crippen LogP contribution < -0.4 is 5.73 Å². The van der Waals surface area contributed by atoms with Gasteiger partial charge in [0.05, 0.1) is 11.0 Å². The predicted octanol–water partition coefficient (Wildman–Crippen LogP) is -0.601. The summed E-state index contributed by atoms with van der Waals surface area (Å²) in [5.41, 5.74) is 5.34. The summed E-state index contributed by atoms with van der Waals surface area (Å²) in [6.45, 7) is 1.64. The lowest BCUT2D eigenvalue weighted by Gasteiger charge is -2.26. The van der Waals surface area contributed by atoms with Crippen molar-refractivity contribution in [3.8, 4) is 0 Å². The molecule has 0 aliphatic heterocycles. The van der Waals surface area contributed by atoms with E-state index in [9.17, 15) is 8.42 Å². The Bertz CT molecular complexity index is 286. The molecule has 0 amide bonds. The highest BCUT2D eigenvalue weighted by Gasteiger charge is 2.26. The fourth-order valence-electron chi connectivity index (χ4n) is 0.637. The topological polar surface area (TPSA) is 66.6 Å². The molecule has 0 aromatic heterocycles. The molecule has 0 spiro atoms. The van der Waals surface area contributed by atoms with Gasteiger partial charge in [0, 0.05) is 21.1 Å². The van der Waals surface area contributed by atoms with E-state index in [0.717, 1.165) is 8.61 Å². The van der Waals surface area contributed by atoms with E-state index in [1.54, 1.807) is 6.92 Å². The predicted molar refractivity (Wildman–Crippen MR) is 56.6 cm³/mol. The van der Waals surface area contributed by atoms with Crippen LogP contribution >= 0.6 is 12.2 Å². The first-order valence-electron chi connectivity index (χ1n) is 3.66. The lowest BCUT2D eigenvalue weighted by molar-refractivity contribution is 0.404. The molecule has 0 aliphatic carbocycles. The maximum atomic E-state index is 11.5.